The molecule has 1 amide bonds. The minimum absolute atomic E-state index is 0.0738. The molecule has 1 aromatic heterocycles. The molecule has 1 aliphatic rings. The van der Waals surface area contributed by atoms with E-state index in [-0.39, 0.29) is 42.1 Å². The first-order valence-corrected chi connectivity index (χ1v) is 9.60. The van der Waals surface area contributed by atoms with Gasteiger partial charge in [0.25, 0.3) is 0 Å². The summed E-state index contributed by atoms with van der Waals surface area (Å²) >= 11 is 0. The zero-order valence-corrected chi connectivity index (χ0v) is 15.6. The number of carbonyl (C=O) groups is 1. The maximum Gasteiger partial charge on any atom is 0.222 e. The summed E-state index contributed by atoms with van der Waals surface area (Å²) in [4.78, 5) is 14.6. The molecule has 3 N–H and O–H groups in total. The summed E-state index contributed by atoms with van der Waals surface area (Å²) in [7, 11) is 0. The molecule has 152 valence electrons. The fourth-order valence-electron chi connectivity index (χ4n) is 4.09. The first-order valence-electron chi connectivity index (χ1n) is 9.60. The number of rotatable bonds is 6. The van der Waals surface area contributed by atoms with Gasteiger partial charge in [-0.1, -0.05) is 0 Å². The van der Waals surface area contributed by atoms with Gasteiger partial charge in [0.2, 0.25) is 5.91 Å². The molecule has 0 unspecified atom stereocenters. The topological polar surface area (TPSA) is 65.1 Å². The largest absolute Gasteiger partial charge is 0.396 e. The van der Waals surface area contributed by atoms with Crippen molar-refractivity contribution in [2.45, 2.75) is 25.2 Å². The van der Waals surface area contributed by atoms with E-state index in [9.17, 15) is 18.0 Å². The molecule has 0 atom stereocenters. The fourth-order valence-corrected chi connectivity index (χ4v) is 4.09. The highest BCUT2D eigenvalue weighted by atomic mass is 19.1. The lowest BCUT2D eigenvalue weighted by molar-refractivity contribution is -0.122. The summed E-state index contributed by atoms with van der Waals surface area (Å²) in [6, 6.07) is 8.07. The van der Waals surface area contributed by atoms with Crippen LogP contribution in [0.4, 0.5) is 13.2 Å². The molecule has 1 aliphatic carbocycles. The zero-order valence-electron chi connectivity index (χ0n) is 15.6. The Kier molecular flexibility index (Phi) is 5.32. The second kappa shape index (κ2) is 7.91. The molecule has 0 saturated heterocycles. The number of H-pyrrole nitrogens is 1. The fraction of sp³-hybridized carbons (Fsp3) is 0.318. The van der Waals surface area contributed by atoms with Gasteiger partial charge in [-0.05, 0) is 66.1 Å². The number of hydrogen-bond donors (Lipinski definition) is 3. The average Bonchev–Trinajstić information content (AvgIpc) is 3.01. The quantitative estimate of drug-likeness (QED) is 0.577. The van der Waals surface area contributed by atoms with Gasteiger partial charge in [-0.15, -0.1) is 0 Å². The number of nitrogens with one attached hydrogen (secondary N) is 2. The predicted octanol–water partition coefficient (Wildman–Crippen LogP) is 4.24. The molecular formula is C22H21F3N2O2. The van der Waals surface area contributed by atoms with E-state index in [0.29, 0.717) is 23.2 Å². The van der Waals surface area contributed by atoms with Crippen LogP contribution in [-0.2, 0) is 4.79 Å². The van der Waals surface area contributed by atoms with Gasteiger partial charge in [0.1, 0.15) is 17.5 Å². The molecule has 0 aliphatic heterocycles. The molecule has 4 nitrogen and oxygen atoms in total. The Morgan fingerprint density at radius 1 is 1.10 bits per heavy atom. The van der Waals surface area contributed by atoms with Gasteiger partial charge >= 0.3 is 0 Å². The number of hydrogen-bond acceptors (Lipinski definition) is 2. The van der Waals surface area contributed by atoms with Crippen molar-refractivity contribution in [1.29, 1.82) is 0 Å². The van der Waals surface area contributed by atoms with Crippen LogP contribution in [0.3, 0.4) is 0 Å². The van der Waals surface area contributed by atoms with Gasteiger partial charge in [0, 0.05) is 24.4 Å². The smallest absolute Gasteiger partial charge is 0.222 e. The van der Waals surface area contributed by atoms with E-state index in [1.807, 2.05) is 0 Å². The Morgan fingerprint density at radius 2 is 1.83 bits per heavy atom. The number of fused-ring (bicyclic) bond motifs is 1. The van der Waals surface area contributed by atoms with Crippen LogP contribution < -0.4 is 5.32 Å². The van der Waals surface area contributed by atoms with Crippen LogP contribution in [0.15, 0.2) is 36.4 Å². The Balaban J connectivity index is 1.64. The van der Waals surface area contributed by atoms with E-state index in [4.69, 9.17) is 5.11 Å². The standard InChI is InChI=1S/C22H21F3N2O2/c23-15-3-1-13(2-4-15)21-20(17-9-16(24)10-18(25)22(17)27-21)14-7-12(8-14)11-26-19(29)5-6-28/h1-4,9-10,12,14,27-28H,5-8,11H2,(H,26,29). The third-order valence-electron chi connectivity index (χ3n) is 5.57. The first kappa shape index (κ1) is 19.5. The molecule has 2 aromatic carbocycles. The lowest BCUT2D eigenvalue weighted by atomic mass is 9.70. The van der Waals surface area contributed by atoms with E-state index in [0.717, 1.165) is 24.5 Å². The lowest BCUT2D eigenvalue weighted by Gasteiger charge is -2.36. The molecule has 0 radical (unpaired) electrons. The van der Waals surface area contributed by atoms with Crippen molar-refractivity contribution in [3.8, 4) is 11.3 Å². The first-order chi connectivity index (χ1) is 14.0. The Hall–Kier alpha value is -2.80. The van der Waals surface area contributed by atoms with E-state index < -0.39 is 11.6 Å². The van der Waals surface area contributed by atoms with E-state index in [1.54, 1.807) is 12.1 Å². The molecule has 4 rings (SSSR count). The van der Waals surface area contributed by atoms with Crippen molar-refractivity contribution < 1.29 is 23.1 Å². The van der Waals surface area contributed by atoms with Gasteiger partial charge in [0.05, 0.1) is 17.8 Å². The predicted molar refractivity (Wildman–Crippen MR) is 104 cm³/mol. The van der Waals surface area contributed by atoms with Crippen LogP contribution in [0.25, 0.3) is 22.2 Å². The molecule has 29 heavy (non-hydrogen) atoms. The molecule has 1 fully saturated rings. The van der Waals surface area contributed by atoms with Crippen LogP contribution in [0.1, 0.15) is 30.7 Å². The minimum Gasteiger partial charge on any atom is -0.396 e. The van der Waals surface area contributed by atoms with Crippen molar-refractivity contribution >= 4 is 16.8 Å². The summed E-state index contributed by atoms with van der Waals surface area (Å²) in [6.45, 7) is 0.318. The summed E-state index contributed by atoms with van der Waals surface area (Å²) < 4.78 is 41.6. The Labute approximate surface area is 165 Å². The maximum atomic E-state index is 14.4. The minimum atomic E-state index is -0.665. The second-order valence-corrected chi connectivity index (χ2v) is 7.54. The summed E-state index contributed by atoms with van der Waals surface area (Å²) in [5.41, 5.74) is 2.43. The molecular weight excluding hydrogens is 381 g/mol. The number of benzene rings is 2. The average molecular weight is 402 g/mol. The van der Waals surface area contributed by atoms with Crippen molar-refractivity contribution in [2.75, 3.05) is 13.2 Å². The number of halogens is 3. The van der Waals surface area contributed by atoms with Gasteiger partial charge < -0.3 is 15.4 Å². The highest BCUT2D eigenvalue weighted by Crippen LogP contribution is 2.48. The van der Waals surface area contributed by atoms with Crippen LogP contribution >= 0.6 is 0 Å². The van der Waals surface area contributed by atoms with Crippen molar-refractivity contribution in [3.05, 3.63) is 59.4 Å². The number of aromatic nitrogens is 1. The summed E-state index contributed by atoms with van der Waals surface area (Å²) in [5, 5.41) is 12.1. The molecule has 0 spiro atoms. The number of aliphatic hydroxyl groups excluding tert-OH is 1. The van der Waals surface area contributed by atoms with Crippen molar-refractivity contribution in [2.24, 2.45) is 5.92 Å². The molecule has 0 bridgehead atoms. The third-order valence-corrected chi connectivity index (χ3v) is 5.57. The van der Waals surface area contributed by atoms with Crippen molar-refractivity contribution in [3.63, 3.8) is 0 Å². The van der Waals surface area contributed by atoms with Crippen LogP contribution in [0.2, 0.25) is 0 Å². The number of carbonyl (C=O) groups excluding carboxylic acids is 1. The number of aliphatic hydroxyl groups is 1. The van der Waals surface area contributed by atoms with Crippen LogP contribution in [0, 0.1) is 23.4 Å². The van der Waals surface area contributed by atoms with Gasteiger partial charge in [-0.25, -0.2) is 13.2 Å². The highest BCUT2D eigenvalue weighted by Gasteiger charge is 2.34. The highest BCUT2D eigenvalue weighted by molar-refractivity contribution is 5.92. The number of amides is 1. The third kappa shape index (κ3) is 3.87. The Morgan fingerprint density at radius 3 is 2.52 bits per heavy atom. The molecule has 1 saturated carbocycles. The molecule has 1 heterocycles. The monoisotopic (exact) mass is 402 g/mol. The summed E-state index contributed by atoms with van der Waals surface area (Å²) in [6.07, 6.45) is 1.60. The second-order valence-electron chi connectivity index (χ2n) is 7.54. The van der Waals surface area contributed by atoms with E-state index in [1.165, 1.54) is 18.2 Å². The van der Waals surface area contributed by atoms with Gasteiger partial charge in [-0.2, -0.15) is 0 Å². The SMILES string of the molecule is O=C(CCO)NCC1CC(c2c(-c3ccc(F)cc3)[nH]c3c(F)cc(F)cc23)C1. The Bertz CT molecular complexity index is 1040. The van der Waals surface area contributed by atoms with E-state index in [2.05, 4.69) is 10.3 Å². The van der Waals surface area contributed by atoms with Gasteiger partial charge in [0.15, 0.2) is 0 Å². The normalized spacial score (nSPS) is 18.6. The summed E-state index contributed by atoms with van der Waals surface area (Å²) in [5.74, 6) is -1.54. The molecule has 7 heteroatoms. The maximum absolute atomic E-state index is 14.4. The van der Waals surface area contributed by atoms with Crippen LogP contribution in [0.5, 0.6) is 0 Å². The zero-order chi connectivity index (χ0) is 20.5. The van der Waals surface area contributed by atoms with Crippen molar-refractivity contribution in [1.82, 2.24) is 10.3 Å². The molecule has 3 aromatic rings. The van der Waals surface area contributed by atoms with Crippen LogP contribution in [-0.4, -0.2) is 29.1 Å². The van der Waals surface area contributed by atoms with Gasteiger partial charge in [-0.3, -0.25) is 4.79 Å². The van der Waals surface area contributed by atoms with E-state index >= 15 is 0 Å². The number of aromatic amines is 1. The lowest BCUT2D eigenvalue weighted by Crippen LogP contribution is -2.35.